The van der Waals surface area contributed by atoms with Crippen LogP contribution >= 0.6 is 0 Å². The Balaban J connectivity index is 1.46. The second-order valence-electron chi connectivity index (χ2n) is 7.02. The van der Waals surface area contributed by atoms with E-state index in [-0.39, 0.29) is 17.6 Å². The first-order valence-electron chi connectivity index (χ1n) is 9.35. The Labute approximate surface area is 157 Å². The monoisotopic (exact) mass is 367 g/mol. The third kappa shape index (κ3) is 3.65. The molecule has 2 fully saturated rings. The minimum absolute atomic E-state index is 0.119. The lowest BCUT2D eigenvalue weighted by Gasteiger charge is -2.24. The fourth-order valence-electron chi connectivity index (χ4n) is 3.81. The van der Waals surface area contributed by atoms with Crippen molar-refractivity contribution in [3.8, 4) is 0 Å². The van der Waals surface area contributed by atoms with Gasteiger partial charge < -0.3 is 10.2 Å². The van der Waals surface area contributed by atoms with Crippen molar-refractivity contribution in [2.45, 2.75) is 31.7 Å². The maximum atomic E-state index is 13.2. The van der Waals surface area contributed by atoms with E-state index in [4.69, 9.17) is 0 Å². The Bertz CT molecular complexity index is 830. The van der Waals surface area contributed by atoms with Crippen LogP contribution in [-0.2, 0) is 9.59 Å². The van der Waals surface area contributed by atoms with E-state index in [0.29, 0.717) is 24.2 Å². The molecule has 0 radical (unpaired) electrons. The average molecular weight is 367 g/mol. The highest BCUT2D eigenvalue weighted by Crippen LogP contribution is 2.28. The molecule has 2 amide bonds. The molecule has 140 valence electrons. The Hall–Kier alpha value is -2.89. The number of hydrogen-bond acceptors (Lipinski definition) is 3. The molecular weight excluding hydrogens is 345 g/mol. The van der Waals surface area contributed by atoms with E-state index in [1.165, 1.54) is 42.0 Å². The minimum atomic E-state index is -0.582. The van der Waals surface area contributed by atoms with Crippen LogP contribution in [0, 0.1) is 5.82 Å². The molecule has 2 heterocycles. The zero-order chi connectivity index (χ0) is 18.8. The maximum absolute atomic E-state index is 13.2. The van der Waals surface area contributed by atoms with E-state index in [9.17, 15) is 14.0 Å². The lowest BCUT2D eigenvalue weighted by Crippen LogP contribution is -2.41. The van der Waals surface area contributed by atoms with Gasteiger partial charge in [0.1, 0.15) is 11.9 Å². The first kappa shape index (κ1) is 17.5. The highest BCUT2D eigenvalue weighted by atomic mass is 19.1. The van der Waals surface area contributed by atoms with Crippen LogP contribution in [0.3, 0.4) is 0 Å². The number of amides is 2. The Kier molecular flexibility index (Phi) is 4.79. The van der Waals surface area contributed by atoms with Crippen molar-refractivity contribution >= 4 is 28.9 Å². The number of nitrogens with one attached hydrogen (secondary N) is 1. The smallest absolute Gasteiger partial charge is 0.247 e. The highest BCUT2D eigenvalue weighted by molar-refractivity contribution is 6.07. The topological polar surface area (TPSA) is 52.7 Å². The summed E-state index contributed by atoms with van der Waals surface area (Å²) in [6.45, 7) is 2.14. The van der Waals surface area contributed by atoms with E-state index in [1.54, 1.807) is 0 Å². The molecule has 2 aromatic rings. The van der Waals surface area contributed by atoms with Crippen molar-refractivity contribution < 1.29 is 14.0 Å². The number of benzene rings is 2. The predicted octanol–water partition coefficient (Wildman–Crippen LogP) is 3.56. The van der Waals surface area contributed by atoms with Gasteiger partial charge in [0.05, 0.1) is 0 Å². The van der Waals surface area contributed by atoms with Gasteiger partial charge in [0.15, 0.2) is 0 Å². The molecule has 2 saturated heterocycles. The molecule has 6 heteroatoms. The number of carbonyl (C=O) groups is 2. The fraction of sp³-hybridized carbons (Fsp3) is 0.333. The van der Waals surface area contributed by atoms with Crippen molar-refractivity contribution in [3.63, 3.8) is 0 Å². The molecule has 1 atom stereocenters. The molecule has 2 aromatic carbocycles. The molecule has 0 aliphatic carbocycles. The minimum Gasteiger partial charge on any atom is -0.372 e. The first-order chi connectivity index (χ1) is 13.1. The van der Waals surface area contributed by atoms with E-state index in [0.717, 1.165) is 18.8 Å². The van der Waals surface area contributed by atoms with Crippen LogP contribution < -0.4 is 15.1 Å². The van der Waals surface area contributed by atoms with Crippen LogP contribution in [0.4, 0.5) is 21.5 Å². The largest absolute Gasteiger partial charge is 0.372 e. The second-order valence-corrected chi connectivity index (χ2v) is 7.02. The zero-order valence-corrected chi connectivity index (χ0v) is 15.0. The van der Waals surface area contributed by atoms with Crippen molar-refractivity contribution in [2.75, 3.05) is 28.2 Å². The van der Waals surface area contributed by atoms with Crippen LogP contribution in [0.25, 0.3) is 0 Å². The van der Waals surface area contributed by atoms with Gasteiger partial charge in [0.2, 0.25) is 11.8 Å². The number of nitrogens with zero attached hydrogens (tertiary/aromatic N) is 2. The molecule has 0 spiro atoms. The van der Waals surface area contributed by atoms with Crippen LogP contribution in [0.1, 0.15) is 25.7 Å². The number of halogens is 1. The normalized spacial score (nSPS) is 19.6. The molecule has 0 saturated carbocycles. The summed E-state index contributed by atoms with van der Waals surface area (Å²) < 4.78 is 13.2. The van der Waals surface area contributed by atoms with E-state index in [2.05, 4.69) is 10.2 Å². The van der Waals surface area contributed by atoms with Gasteiger partial charge in [-0.25, -0.2) is 4.39 Å². The van der Waals surface area contributed by atoms with Crippen LogP contribution in [-0.4, -0.2) is 30.9 Å². The van der Waals surface area contributed by atoms with E-state index >= 15 is 0 Å². The molecule has 2 aliphatic rings. The number of rotatable bonds is 4. The highest BCUT2D eigenvalue weighted by Gasteiger charge is 2.37. The van der Waals surface area contributed by atoms with Gasteiger partial charge in [0, 0.05) is 36.6 Å². The summed E-state index contributed by atoms with van der Waals surface area (Å²) in [5.41, 5.74) is 2.42. The SMILES string of the molecule is O=C(Nc1ccc(N2CCCC2)cc1)C1CCC(=O)N1c1ccc(F)cc1. The molecule has 1 N–H and O–H groups in total. The third-order valence-corrected chi connectivity index (χ3v) is 5.23. The van der Waals surface area contributed by atoms with Gasteiger partial charge in [-0.1, -0.05) is 0 Å². The van der Waals surface area contributed by atoms with Gasteiger partial charge in [-0.2, -0.15) is 0 Å². The number of carbonyl (C=O) groups excluding carboxylic acids is 2. The molecular formula is C21H22FN3O2. The third-order valence-electron chi connectivity index (χ3n) is 5.23. The van der Waals surface area contributed by atoms with E-state index in [1.807, 2.05) is 24.3 Å². The number of hydrogen-bond donors (Lipinski definition) is 1. The Morgan fingerprint density at radius 3 is 2.26 bits per heavy atom. The van der Waals surface area contributed by atoms with E-state index < -0.39 is 6.04 Å². The van der Waals surface area contributed by atoms with Gasteiger partial charge in [-0.15, -0.1) is 0 Å². The summed E-state index contributed by atoms with van der Waals surface area (Å²) in [4.78, 5) is 28.8. The van der Waals surface area contributed by atoms with Crippen LogP contribution in [0.2, 0.25) is 0 Å². The average Bonchev–Trinajstić information content (AvgIpc) is 3.33. The van der Waals surface area contributed by atoms with Gasteiger partial charge in [0.25, 0.3) is 0 Å². The summed E-state index contributed by atoms with van der Waals surface area (Å²) >= 11 is 0. The molecule has 0 aromatic heterocycles. The first-order valence-corrected chi connectivity index (χ1v) is 9.35. The van der Waals surface area contributed by atoms with Crippen molar-refractivity contribution in [1.82, 2.24) is 0 Å². The molecule has 0 bridgehead atoms. The van der Waals surface area contributed by atoms with Crippen LogP contribution in [0.5, 0.6) is 0 Å². The van der Waals surface area contributed by atoms with Gasteiger partial charge in [-0.3, -0.25) is 14.5 Å². The standard InChI is InChI=1S/C21H22FN3O2/c22-15-3-7-18(8-4-15)25-19(11-12-20(25)26)21(27)23-16-5-9-17(10-6-16)24-13-1-2-14-24/h3-10,19H,1-2,11-14H2,(H,23,27). The summed E-state index contributed by atoms with van der Waals surface area (Å²) in [6, 6.07) is 12.9. The molecule has 27 heavy (non-hydrogen) atoms. The Morgan fingerprint density at radius 2 is 1.59 bits per heavy atom. The van der Waals surface area contributed by atoms with Gasteiger partial charge in [-0.05, 0) is 67.8 Å². The van der Waals surface area contributed by atoms with Crippen molar-refractivity contribution in [3.05, 3.63) is 54.3 Å². The Morgan fingerprint density at radius 1 is 0.963 bits per heavy atom. The predicted molar refractivity (Wildman–Crippen MR) is 103 cm³/mol. The molecule has 1 unspecified atom stereocenters. The summed E-state index contributed by atoms with van der Waals surface area (Å²) in [7, 11) is 0. The lowest BCUT2D eigenvalue weighted by atomic mass is 10.1. The van der Waals surface area contributed by atoms with Crippen LogP contribution in [0.15, 0.2) is 48.5 Å². The van der Waals surface area contributed by atoms with Crippen molar-refractivity contribution in [2.24, 2.45) is 0 Å². The second kappa shape index (κ2) is 7.39. The zero-order valence-electron chi connectivity index (χ0n) is 15.0. The maximum Gasteiger partial charge on any atom is 0.247 e. The van der Waals surface area contributed by atoms with Gasteiger partial charge >= 0.3 is 0 Å². The molecule has 4 rings (SSSR count). The molecule has 2 aliphatic heterocycles. The van der Waals surface area contributed by atoms with Crippen molar-refractivity contribution in [1.29, 1.82) is 0 Å². The molecule has 5 nitrogen and oxygen atoms in total. The summed E-state index contributed by atoms with van der Waals surface area (Å²) in [5.74, 6) is -0.713. The fourth-order valence-corrected chi connectivity index (χ4v) is 3.81. The summed E-state index contributed by atoms with van der Waals surface area (Å²) in [5, 5.41) is 2.91. The quantitative estimate of drug-likeness (QED) is 0.899. The number of anilines is 3. The lowest BCUT2D eigenvalue weighted by molar-refractivity contribution is -0.120. The summed E-state index contributed by atoms with van der Waals surface area (Å²) in [6.07, 6.45) is 3.19.